The maximum Gasteiger partial charge on any atom is 1.00 e. The summed E-state index contributed by atoms with van der Waals surface area (Å²) in [4.78, 5) is 0. The number of hydrogen-bond donors (Lipinski definition) is 0. The van der Waals surface area contributed by atoms with Gasteiger partial charge in [0.25, 0.3) is 0 Å². The molecule has 0 atom stereocenters. The van der Waals surface area contributed by atoms with E-state index in [4.69, 9.17) is 0 Å². The molecule has 0 bridgehead atoms. The van der Waals surface area contributed by atoms with Crippen molar-refractivity contribution in [3.05, 3.63) is 35.1 Å². The number of alkyl halides is 3. The minimum Gasteiger partial charge on any atom is -0.281 e. The molecule has 0 N–H and O–H groups in total. The van der Waals surface area contributed by atoms with Crippen molar-refractivity contribution in [1.82, 2.24) is 0 Å². The molecule has 0 fully saturated rings. The van der Waals surface area contributed by atoms with Gasteiger partial charge in [-0.15, -0.1) is 12.1 Å². The van der Waals surface area contributed by atoms with E-state index in [9.17, 15) is 26.3 Å². The van der Waals surface area contributed by atoms with E-state index >= 15 is 0 Å². The van der Waals surface area contributed by atoms with E-state index in [2.05, 4.69) is 0 Å². The van der Waals surface area contributed by atoms with Crippen molar-refractivity contribution in [3.8, 4) is 0 Å². The molecule has 1 aromatic carbocycles. The van der Waals surface area contributed by atoms with E-state index in [-0.39, 0.29) is 24.9 Å². The quantitative estimate of drug-likeness (QED) is 0.241. The van der Waals surface area contributed by atoms with Crippen LogP contribution in [-0.4, -0.2) is 0 Å². The molecule has 0 aliphatic carbocycles. The topological polar surface area (TPSA) is 0 Å². The molecule has 0 spiro atoms. The van der Waals surface area contributed by atoms with Crippen LogP contribution in [-0.2, 0) is 6.18 Å². The van der Waals surface area contributed by atoms with Crippen LogP contribution in [0.25, 0.3) is 0 Å². The monoisotopic (exact) mass is 206 g/mol. The van der Waals surface area contributed by atoms with Crippen LogP contribution in [0.15, 0.2) is 6.07 Å². The number of benzene rings is 1. The van der Waals surface area contributed by atoms with Gasteiger partial charge in [0.2, 0.25) is 0 Å². The first-order valence-corrected chi connectivity index (χ1v) is 2.96. The van der Waals surface area contributed by atoms with E-state index in [1.807, 2.05) is 0 Å². The molecule has 0 nitrogen and oxygen atoms in total. The summed E-state index contributed by atoms with van der Waals surface area (Å²) in [5, 5.41) is 0. The van der Waals surface area contributed by atoms with Gasteiger partial charge in [0.1, 0.15) is 0 Å². The normalized spacial score (nSPS) is 11.0. The van der Waals surface area contributed by atoms with Crippen molar-refractivity contribution in [2.45, 2.75) is 6.18 Å². The van der Waals surface area contributed by atoms with Crippen molar-refractivity contribution in [1.29, 1.82) is 0 Å². The third kappa shape index (κ3) is 2.46. The van der Waals surface area contributed by atoms with Gasteiger partial charge in [-0.3, -0.25) is 4.39 Å². The van der Waals surface area contributed by atoms with Crippen molar-refractivity contribution in [2.24, 2.45) is 0 Å². The number of rotatable bonds is 0. The molecule has 0 aromatic heterocycles. The van der Waals surface area contributed by atoms with Gasteiger partial charge in [0.15, 0.2) is 0 Å². The Hall–Kier alpha value is -0.603. The van der Waals surface area contributed by atoms with E-state index in [1.165, 1.54) is 6.07 Å². The first-order valence-electron chi connectivity index (χ1n) is 2.96. The van der Waals surface area contributed by atoms with E-state index in [1.54, 1.807) is 0 Å². The first kappa shape index (κ1) is 13.4. The van der Waals surface area contributed by atoms with Crippen molar-refractivity contribution in [3.63, 3.8) is 0 Å². The van der Waals surface area contributed by atoms with Crippen LogP contribution in [0.1, 0.15) is 5.56 Å². The average molecular weight is 206 g/mol. The summed E-state index contributed by atoms with van der Waals surface area (Å²) in [6, 6.07) is 1.48. The molecule has 0 saturated heterocycles. The molecule has 1 aromatic rings. The molecular formula is C7HF6Li. The van der Waals surface area contributed by atoms with Gasteiger partial charge in [-0.25, -0.2) is 8.78 Å². The second-order valence-electron chi connectivity index (χ2n) is 2.14. The van der Waals surface area contributed by atoms with Crippen molar-refractivity contribution < 1.29 is 45.2 Å². The van der Waals surface area contributed by atoms with Gasteiger partial charge in [0, 0.05) is 17.2 Å². The molecule has 7 heteroatoms. The molecule has 14 heavy (non-hydrogen) atoms. The zero-order chi connectivity index (χ0) is 10.2. The Kier molecular flexibility index (Phi) is 4.10. The predicted octanol–water partition coefficient (Wildman–Crippen LogP) is -0.0731. The van der Waals surface area contributed by atoms with Crippen LogP contribution in [0.5, 0.6) is 0 Å². The number of hydrogen-bond acceptors (Lipinski definition) is 0. The van der Waals surface area contributed by atoms with Crippen LogP contribution < -0.4 is 18.9 Å². The van der Waals surface area contributed by atoms with Crippen LogP contribution in [0.2, 0.25) is 0 Å². The summed E-state index contributed by atoms with van der Waals surface area (Å²) in [5.41, 5.74) is -2.26. The molecule has 0 amide bonds. The molecular weight excluding hydrogens is 205 g/mol. The Bertz CT molecular complexity index is 332. The minimum absolute atomic E-state index is 0. The maximum atomic E-state index is 12.4. The van der Waals surface area contributed by atoms with Gasteiger partial charge in [0.05, 0.1) is 5.82 Å². The van der Waals surface area contributed by atoms with Crippen LogP contribution in [0.3, 0.4) is 0 Å². The van der Waals surface area contributed by atoms with Gasteiger partial charge < -0.3 is 0 Å². The molecule has 1 rings (SSSR count). The van der Waals surface area contributed by atoms with Gasteiger partial charge in [-0.1, -0.05) is 0 Å². The maximum absolute atomic E-state index is 12.4. The fourth-order valence-electron chi connectivity index (χ4n) is 0.727. The smallest absolute Gasteiger partial charge is 0.281 e. The molecule has 0 aliphatic rings. The second kappa shape index (κ2) is 4.28. The fraction of sp³-hybridized carbons (Fsp3) is 0.143. The summed E-state index contributed by atoms with van der Waals surface area (Å²) < 4.78 is 72.4. The molecule has 0 saturated carbocycles. The largest absolute Gasteiger partial charge is 1.00 e. The zero-order valence-electron chi connectivity index (χ0n) is 6.85. The van der Waals surface area contributed by atoms with E-state index in [0.717, 1.165) is 0 Å². The molecule has 0 heterocycles. The SMILES string of the molecule is Fc1[c-]cc(F)c(F)c1C(F)(F)F.[Li+]. The summed E-state index contributed by atoms with van der Waals surface area (Å²) in [5.74, 6) is -5.98. The third-order valence-corrected chi connectivity index (χ3v) is 1.26. The summed E-state index contributed by atoms with van der Waals surface area (Å²) in [7, 11) is 0. The van der Waals surface area contributed by atoms with E-state index < -0.39 is 29.2 Å². The Morgan fingerprint density at radius 3 is 1.93 bits per heavy atom. The van der Waals surface area contributed by atoms with Crippen LogP contribution in [0, 0.1) is 23.5 Å². The van der Waals surface area contributed by atoms with Crippen molar-refractivity contribution >= 4 is 0 Å². The zero-order valence-corrected chi connectivity index (χ0v) is 6.85. The minimum atomic E-state index is -5.26. The standard InChI is InChI=1S/C7HF6.Li/c8-3-1-2-4(9)6(10)5(3)7(11,12)13;/h2H;/q-1;+1. The summed E-state index contributed by atoms with van der Waals surface area (Å²) in [6.07, 6.45) is -5.26. The second-order valence-corrected chi connectivity index (χ2v) is 2.14. The number of halogens is 6. The summed E-state index contributed by atoms with van der Waals surface area (Å²) in [6.45, 7) is 0. The molecule has 0 radical (unpaired) electrons. The Labute approximate surface area is 87.1 Å². The predicted molar refractivity (Wildman–Crippen MR) is 30.2 cm³/mol. The average Bonchev–Trinajstić information content (AvgIpc) is 1.95. The third-order valence-electron chi connectivity index (χ3n) is 1.26. The van der Waals surface area contributed by atoms with Crippen molar-refractivity contribution in [2.75, 3.05) is 0 Å². The van der Waals surface area contributed by atoms with E-state index in [0.29, 0.717) is 0 Å². The molecule has 0 unspecified atom stereocenters. The van der Waals surface area contributed by atoms with Gasteiger partial charge in [-0.05, 0) is 0 Å². The van der Waals surface area contributed by atoms with Crippen LogP contribution in [0.4, 0.5) is 26.3 Å². The van der Waals surface area contributed by atoms with Gasteiger partial charge >= 0.3 is 25.0 Å². The Morgan fingerprint density at radius 1 is 1.07 bits per heavy atom. The molecule has 72 valence electrons. The molecule has 0 aliphatic heterocycles. The van der Waals surface area contributed by atoms with Crippen LogP contribution >= 0.6 is 0 Å². The first-order chi connectivity index (χ1) is 5.84. The summed E-state index contributed by atoms with van der Waals surface area (Å²) >= 11 is 0. The fourth-order valence-corrected chi connectivity index (χ4v) is 0.727. The Morgan fingerprint density at radius 2 is 1.57 bits per heavy atom. The van der Waals surface area contributed by atoms with Gasteiger partial charge in [-0.2, -0.15) is 13.2 Å². The Balaban J connectivity index is 0.00000169.